The lowest BCUT2D eigenvalue weighted by Gasteiger charge is -2.20. The number of nitrogens with zero attached hydrogens (tertiary/aromatic N) is 1. The molecule has 1 saturated heterocycles. The van der Waals surface area contributed by atoms with Gasteiger partial charge in [-0.15, -0.1) is 0 Å². The number of nitrogens with one attached hydrogen (secondary N) is 1. The molecular weight excluding hydrogens is 316 g/mol. The summed E-state index contributed by atoms with van der Waals surface area (Å²) in [5.41, 5.74) is 0.279. The molecule has 1 N–H and O–H groups in total. The van der Waals surface area contributed by atoms with Crippen molar-refractivity contribution in [2.45, 2.75) is 50.3 Å². The molecule has 2 heterocycles. The van der Waals surface area contributed by atoms with Crippen LogP contribution in [0.2, 0.25) is 0 Å². The van der Waals surface area contributed by atoms with Gasteiger partial charge in [0.05, 0.1) is 12.1 Å². The third-order valence-corrected chi connectivity index (χ3v) is 4.93. The summed E-state index contributed by atoms with van der Waals surface area (Å²) in [4.78, 5) is 12.2. The minimum atomic E-state index is -3.85. The van der Waals surface area contributed by atoms with Crippen LogP contribution in [-0.2, 0) is 20.3 Å². The minimum Gasteiger partial charge on any atom is -0.376 e. The molecule has 2 atom stereocenters. The molecule has 1 aliphatic heterocycles. The summed E-state index contributed by atoms with van der Waals surface area (Å²) in [6, 6.07) is 1.17. The van der Waals surface area contributed by atoms with E-state index < -0.39 is 9.05 Å². The number of carbonyl (C=O) groups excluding carboxylic acids is 1. The second kappa shape index (κ2) is 6.37. The van der Waals surface area contributed by atoms with E-state index in [-0.39, 0.29) is 28.6 Å². The molecule has 0 radical (unpaired) electrons. The van der Waals surface area contributed by atoms with Crippen LogP contribution in [0.25, 0.3) is 0 Å². The quantitative estimate of drug-likeness (QED) is 0.832. The van der Waals surface area contributed by atoms with Gasteiger partial charge in [-0.25, -0.2) is 8.42 Å². The van der Waals surface area contributed by atoms with Crippen molar-refractivity contribution in [2.24, 2.45) is 0 Å². The van der Waals surface area contributed by atoms with Gasteiger partial charge in [0.25, 0.3) is 15.0 Å². The van der Waals surface area contributed by atoms with Gasteiger partial charge in [0.15, 0.2) is 0 Å². The number of aromatic nitrogens is 1. The Balaban J connectivity index is 2.16. The predicted molar refractivity (Wildman–Crippen MR) is 79.0 cm³/mol. The Morgan fingerprint density at radius 2 is 2.33 bits per heavy atom. The van der Waals surface area contributed by atoms with Gasteiger partial charge in [-0.2, -0.15) is 0 Å². The van der Waals surface area contributed by atoms with E-state index in [1.54, 1.807) is 4.57 Å². The zero-order valence-corrected chi connectivity index (χ0v) is 13.6. The maximum absolute atomic E-state index is 12.3. The average Bonchev–Trinajstić information content (AvgIpc) is 3.07. The number of hydrogen-bond acceptors (Lipinski definition) is 4. The second-order valence-electron chi connectivity index (χ2n) is 5.10. The molecule has 1 aromatic heterocycles. The van der Waals surface area contributed by atoms with E-state index in [2.05, 4.69) is 5.32 Å². The Morgan fingerprint density at radius 1 is 1.62 bits per heavy atom. The van der Waals surface area contributed by atoms with Crippen molar-refractivity contribution >= 4 is 25.6 Å². The topological polar surface area (TPSA) is 77.4 Å². The summed E-state index contributed by atoms with van der Waals surface area (Å²) < 4.78 is 29.8. The van der Waals surface area contributed by atoms with Gasteiger partial charge in [-0.3, -0.25) is 4.79 Å². The molecule has 2 unspecified atom stereocenters. The summed E-state index contributed by atoms with van der Waals surface area (Å²) in [5.74, 6) is -0.327. The standard InChI is InChI=1S/C13H19ClN2O4S/c1-3-16-8-10(21(14,18)19)7-11(16)13(17)15-9(2)12-5-4-6-20-12/h7-9,12H,3-6H2,1-2H3,(H,15,17). The number of rotatable bonds is 5. The number of aryl methyl sites for hydroxylation is 1. The Labute approximate surface area is 128 Å². The number of ether oxygens (including phenoxy) is 1. The maximum atomic E-state index is 12.3. The Bertz CT molecular complexity index is 620. The molecule has 118 valence electrons. The fraction of sp³-hybridized carbons (Fsp3) is 0.615. The molecule has 6 nitrogen and oxygen atoms in total. The third kappa shape index (κ3) is 3.78. The van der Waals surface area contributed by atoms with Crippen molar-refractivity contribution in [1.82, 2.24) is 9.88 Å². The van der Waals surface area contributed by atoms with Gasteiger partial charge in [-0.1, -0.05) is 0 Å². The zero-order valence-electron chi connectivity index (χ0n) is 12.0. The van der Waals surface area contributed by atoms with Crippen molar-refractivity contribution in [1.29, 1.82) is 0 Å². The Hall–Kier alpha value is -1.05. The fourth-order valence-electron chi connectivity index (χ4n) is 2.44. The lowest BCUT2D eigenvalue weighted by molar-refractivity contribution is 0.0707. The van der Waals surface area contributed by atoms with Crippen molar-refractivity contribution in [3.8, 4) is 0 Å². The normalized spacial score (nSPS) is 20.4. The number of hydrogen-bond donors (Lipinski definition) is 1. The highest BCUT2D eigenvalue weighted by molar-refractivity contribution is 8.13. The number of carbonyl (C=O) groups is 1. The van der Waals surface area contributed by atoms with Gasteiger partial charge in [0.1, 0.15) is 10.6 Å². The summed E-state index contributed by atoms with van der Waals surface area (Å²) in [6.45, 7) is 4.89. The van der Waals surface area contributed by atoms with Crippen LogP contribution in [0.5, 0.6) is 0 Å². The highest BCUT2D eigenvalue weighted by Gasteiger charge is 2.26. The summed E-state index contributed by atoms with van der Waals surface area (Å²) in [6.07, 6.45) is 3.28. The van der Waals surface area contributed by atoms with Gasteiger partial charge < -0.3 is 14.6 Å². The molecule has 0 spiro atoms. The van der Waals surface area contributed by atoms with Crippen LogP contribution in [0.4, 0.5) is 0 Å². The van der Waals surface area contributed by atoms with E-state index in [4.69, 9.17) is 15.4 Å². The van der Waals surface area contributed by atoms with Crippen LogP contribution in [-0.4, -0.2) is 37.6 Å². The van der Waals surface area contributed by atoms with Crippen LogP contribution in [0.15, 0.2) is 17.2 Å². The van der Waals surface area contributed by atoms with E-state index in [0.717, 1.165) is 12.8 Å². The monoisotopic (exact) mass is 334 g/mol. The van der Waals surface area contributed by atoms with E-state index >= 15 is 0 Å². The molecular formula is C13H19ClN2O4S. The third-order valence-electron chi connectivity index (χ3n) is 3.61. The first-order valence-electron chi connectivity index (χ1n) is 6.90. The maximum Gasteiger partial charge on any atom is 0.268 e. The molecule has 0 aromatic carbocycles. The molecule has 2 rings (SSSR count). The Morgan fingerprint density at radius 3 is 2.86 bits per heavy atom. The van der Waals surface area contributed by atoms with E-state index in [1.807, 2.05) is 13.8 Å². The molecule has 8 heteroatoms. The summed E-state index contributed by atoms with van der Waals surface area (Å²) >= 11 is 0. The van der Waals surface area contributed by atoms with Crippen LogP contribution in [0, 0.1) is 0 Å². The fourth-order valence-corrected chi connectivity index (χ4v) is 3.20. The lowest BCUT2D eigenvalue weighted by atomic mass is 10.1. The average molecular weight is 335 g/mol. The first-order valence-corrected chi connectivity index (χ1v) is 9.21. The smallest absolute Gasteiger partial charge is 0.268 e. The van der Waals surface area contributed by atoms with Gasteiger partial charge >= 0.3 is 0 Å². The first-order chi connectivity index (χ1) is 9.82. The molecule has 1 fully saturated rings. The van der Waals surface area contributed by atoms with Crippen molar-refractivity contribution in [2.75, 3.05) is 6.61 Å². The Kier molecular flexibility index (Phi) is 4.95. The van der Waals surface area contributed by atoms with Gasteiger partial charge in [-0.05, 0) is 32.8 Å². The molecule has 0 saturated carbocycles. The van der Waals surface area contributed by atoms with E-state index in [0.29, 0.717) is 13.2 Å². The zero-order chi connectivity index (χ0) is 15.6. The molecule has 0 aliphatic carbocycles. The largest absolute Gasteiger partial charge is 0.376 e. The number of halogens is 1. The highest BCUT2D eigenvalue weighted by atomic mass is 35.7. The van der Waals surface area contributed by atoms with Crippen molar-refractivity contribution < 1.29 is 17.9 Å². The van der Waals surface area contributed by atoms with Crippen molar-refractivity contribution in [3.05, 3.63) is 18.0 Å². The van der Waals surface area contributed by atoms with Crippen molar-refractivity contribution in [3.63, 3.8) is 0 Å². The molecule has 1 amide bonds. The van der Waals surface area contributed by atoms with Gasteiger partial charge in [0.2, 0.25) is 0 Å². The van der Waals surface area contributed by atoms with Crippen LogP contribution in [0.3, 0.4) is 0 Å². The highest BCUT2D eigenvalue weighted by Crippen LogP contribution is 2.20. The van der Waals surface area contributed by atoms with E-state index in [1.165, 1.54) is 12.3 Å². The lowest BCUT2D eigenvalue weighted by Crippen LogP contribution is -2.41. The first kappa shape index (κ1) is 16.3. The molecule has 0 bridgehead atoms. The molecule has 21 heavy (non-hydrogen) atoms. The summed E-state index contributed by atoms with van der Waals surface area (Å²) in [5, 5.41) is 2.85. The van der Waals surface area contributed by atoms with E-state index in [9.17, 15) is 13.2 Å². The predicted octanol–water partition coefficient (Wildman–Crippen LogP) is 1.73. The van der Waals surface area contributed by atoms with Gasteiger partial charge in [0, 0.05) is 30.0 Å². The molecule has 1 aliphatic rings. The SMILES string of the molecule is CCn1cc(S(=O)(=O)Cl)cc1C(=O)NC(C)C1CCCO1. The van der Waals surface area contributed by atoms with Crippen LogP contribution in [0.1, 0.15) is 37.2 Å². The summed E-state index contributed by atoms with van der Waals surface area (Å²) in [7, 11) is 1.48. The number of amides is 1. The second-order valence-corrected chi connectivity index (χ2v) is 7.66. The minimum absolute atomic E-state index is 0.00946. The van der Waals surface area contributed by atoms with Crippen LogP contribution < -0.4 is 5.32 Å². The van der Waals surface area contributed by atoms with Crippen LogP contribution >= 0.6 is 10.7 Å². The molecule has 1 aromatic rings.